The van der Waals surface area contributed by atoms with Gasteiger partial charge in [-0.1, -0.05) is 24.3 Å². The number of hydrogen-bond donors (Lipinski definition) is 3. The van der Waals surface area contributed by atoms with Crippen LogP contribution in [0.1, 0.15) is 11.4 Å². The van der Waals surface area contributed by atoms with Crippen molar-refractivity contribution in [1.29, 1.82) is 0 Å². The van der Waals surface area contributed by atoms with Crippen molar-refractivity contribution < 1.29 is 5.11 Å². The van der Waals surface area contributed by atoms with Gasteiger partial charge in [0.25, 0.3) is 0 Å². The fourth-order valence-electron chi connectivity index (χ4n) is 3.59. The fraction of sp³-hybridized carbons (Fsp3) is 0.0357. The molecule has 3 heterocycles. The van der Waals surface area contributed by atoms with Crippen molar-refractivity contribution >= 4 is 23.5 Å². The molecule has 36 heavy (non-hydrogen) atoms. The molecule has 8 heteroatoms. The van der Waals surface area contributed by atoms with Gasteiger partial charge in [0.15, 0.2) is 0 Å². The first-order chi connectivity index (χ1) is 17.6. The van der Waals surface area contributed by atoms with Crippen LogP contribution in [0.3, 0.4) is 0 Å². The van der Waals surface area contributed by atoms with Crippen molar-refractivity contribution in [2.45, 2.75) is 6.92 Å². The molecular weight excluding hydrogens is 450 g/mol. The van der Waals surface area contributed by atoms with Crippen LogP contribution in [0.4, 0.5) is 17.3 Å². The minimum absolute atomic E-state index is 0.250. The second kappa shape index (κ2) is 10.4. The smallest absolute Gasteiger partial charge is 0.244 e. The summed E-state index contributed by atoms with van der Waals surface area (Å²) < 4.78 is 0. The minimum atomic E-state index is 0.250. The zero-order chi connectivity index (χ0) is 24.7. The van der Waals surface area contributed by atoms with E-state index in [1.165, 1.54) is 0 Å². The van der Waals surface area contributed by atoms with Gasteiger partial charge in [-0.2, -0.15) is 5.10 Å². The van der Waals surface area contributed by atoms with E-state index in [0.717, 1.165) is 39.5 Å². The van der Waals surface area contributed by atoms with Crippen LogP contribution in [0.25, 0.3) is 22.4 Å². The monoisotopic (exact) mass is 473 g/mol. The number of benzene rings is 2. The molecule has 0 atom stereocenters. The first kappa shape index (κ1) is 22.7. The Morgan fingerprint density at radius 2 is 1.64 bits per heavy atom. The lowest BCUT2D eigenvalue weighted by Crippen LogP contribution is -2.00. The van der Waals surface area contributed by atoms with Crippen molar-refractivity contribution in [2.24, 2.45) is 5.10 Å². The maximum Gasteiger partial charge on any atom is 0.244 e. The maximum absolute atomic E-state index is 9.68. The number of aromatic nitrogens is 4. The van der Waals surface area contributed by atoms with Crippen LogP contribution < -0.4 is 10.7 Å². The molecule has 0 saturated heterocycles. The Morgan fingerprint density at radius 1 is 0.806 bits per heavy atom. The molecule has 5 rings (SSSR count). The normalized spacial score (nSPS) is 10.9. The number of phenolic OH excluding ortho intramolecular Hbond substituents is 1. The van der Waals surface area contributed by atoms with E-state index in [-0.39, 0.29) is 5.75 Å². The highest BCUT2D eigenvalue weighted by atomic mass is 16.3. The van der Waals surface area contributed by atoms with Crippen LogP contribution in [0.15, 0.2) is 103 Å². The molecule has 8 nitrogen and oxygen atoms in total. The van der Waals surface area contributed by atoms with Gasteiger partial charge in [0.2, 0.25) is 5.95 Å². The predicted molar refractivity (Wildman–Crippen MR) is 142 cm³/mol. The molecule has 0 bridgehead atoms. The van der Waals surface area contributed by atoms with Crippen LogP contribution in [0.5, 0.6) is 5.75 Å². The molecule has 0 fully saturated rings. The molecule has 3 aromatic heterocycles. The quantitative estimate of drug-likeness (QED) is 0.202. The SMILES string of the molecule is Cc1cc(-c2cccnc2)nc(N/N=C/c2ccc(Nc3ccc(-c4cccc(O)c4)cc3)cn2)n1. The number of nitrogens with zero attached hydrogens (tertiary/aromatic N) is 5. The Labute approximate surface area is 208 Å². The first-order valence-corrected chi connectivity index (χ1v) is 11.3. The van der Waals surface area contributed by atoms with Gasteiger partial charge in [-0.3, -0.25) is 9.97 Å². The van der Waals surface area contributed by atoms with Gasteiger partial charge >= 0.3 is 0 Å². The van der Waals surface area contributed by atoms with Gasteiger partial charge in [0.05, 0.1) is 29.5 Å². The third-order valence-corrected chi connectivity index (χ3v) is 5.31. The molecule has 0 spiro atoms. The lowest BCUT2D eigenvalue weighted by atomic mass is 10.1. The molecule has 0 aliphatic carbocycles. The van der Waals surface area contributed by atoms with Gasteiger partial charge in [-0.05, 0) is 72.6 Å². The summed E-state index contributed by atoms with van der Waals surface area (Å²) in [5.41, 5.74) is 9.85. The average Bonchev–Trinajstić information content (AvgIpc) is 2.90. The Bertz CT molecular complexity index is 1490. The van der Waals surface area contributed by atoms with Crippen LogP contribution in [-0.2, 0) is 0 Å². The third-order valence-electron chi connectivity index (χ3n) is 5.31. The van der Waals surface area contributed by atoms with E-state index in [1.807, 2.05) is 73.7 Å². The topological polar surface area (TPSA) is 108 Å². The zero-order valence-electron chi connectivity index (χ0n) is 19.5. The Kier molecular flexibility index (Phi) is 6.57. The summed E-state index contributed by atoms with van der Waals surface area (Å²) in [6.07, 6.45) is 6.85. The maximum atomic E-state index is 9.68. The molecule has 3 N–H and O–H groups in total. The molecule has 0 aliphatic heterocycles. The van der Waals surface area contributed by atoms with Crippen LogP contribution >= 0.6 is 0 Å². The molecule has 0 unspecified atom stereocenters. The second-order valence-electron chi connectivity index (χ2n) is 8.05. The van der Waals surface area contributed by atoms with Crippen molar-refractivity contribution in [2.75, 3.05) is 10.7 Å². The summed E-state index contributed by atoms with van der Waals surface area (Å²) in [4.78, 5) is 17.5. The van der Waals surface area contributed by atoms with Crippen molar-refractivity contribution in [3.8, 4) is 28.1 Å². The van der Waals surface area contributed by atoms with Crippen LogP contribution in [0, 0.1) is 6.92 Å². The number of aromatic hydroxyl groups is 1. The third kappa shape index (κ3) is 5.68. The van der Waals surface area contributed by atoms with E-state index < -0.39 is 0 Å². The summed E-state index contributed by atoms with van der Waals surface area (Å²) in [7, 11) is 0. The Morgan fingerprint density at radius 3 is 2.39 bits per heavy atom. The van der Waals surface area contributed by atoms with Gasteiger partial charge in [0, 0.05) is 29.3 Å². The number of aryl methyl sites for hydroxylation is 1. The molecule has 0 aliphatic rings. The molecular formula is C28H23N7O. The van der Waals surface area contributed by atoms with Gasteiger partial charge in [0.1, 0.15) is 5.75 Å². The molecule has 0 radical (unpaired) electrons. The highest BCUT2D eigenvalue weighted by Crippen LogP contribution is 2.25. The summed E-state index contributed by atoms with van der Waals surface area (Å²) in [5.74, 6) is 0.651. The van der Waals surface area contributed by atoms with Gasteiger partial charge in [-0.15, -0.1) is 0 Å². The second-order valence-corrected chi connectivity index (χ2v) is 8.05. The van der Waals surface area contributed by atoms with E-state index >= 15 is 0 Å². The highest BCUT2D eigenvalue weighted by Gasteiger charge is 2.04. The molecule has 2 aromatic carbocycles. The number of pyridine rings is 2. The van der Waals surface area contributed by atoms with Crippen LogP contribution in [0.2, 0.25) is 0 Å². The van der Waals surface area contributed by atoms with E-state index in [1.54, 1.807) is 36.9 Å². The summed E-state index contributed by atoms with van der Waals surface area (Å²) in [5, 5.41) is 17.2. The van der Waals surface area contributed by atoms with E-state index in [0.29, 0.717) is 11.6 Å². The highest BCUT2D eigenvalue weighted by molar-refractivity contribution is 5.78. The fourth-order valence-corrected chi connectivity index (χ4v) is 3.59. The number of anilines is 3. The van der Waals surface area contributed by atoms with Crippen molar-refractivity contribution in [1.82, 2.24) is 19.9 Å². The summed E-state index contributed by atoms with van der Waals surface area (Å²) >= 11 is 0. The Hall–Kier alpha value is -5.11. The standard InChI is InChI=1S/C28H23N7O/c1-19-14-27(22-5-3-13-29-16-22)34-28(32-19)35-31-18-24-11-12-25(17-30-24)33-23-9-7-20(8-10-23)21-4-2-6-26(36)15-21/h2-18,33,36H,1H3,(H,32,34,35)/b31-18+. The molecule has 5 aromatic rings. The average molecular weight is 474 g/mol. The largest absolute Gasteiger partial charge is 0.508 e. The summed E-state index contributed by atoms with van der Waals surface area (Å²) in [6.45, 7) is 1.91. The lowest BCUT2D eigenvalue weighted by Gasteiger charge is -2.08. The van der Waals surface area contributed by atoms with Crippen molar-refractivity contribution in [3.05, 3.63) is 109 Å². The van der Waals surface area contributed by atoms with Gasteiger partial charge < -0.3 is 10.4 Å². The molecule has 0 saturated carbocycles. The molecule has 176 valence electrons. The van der Waals surface area contributed by atoms with E-state index in [9.17, 15) is 5.11 Å². The number of hydrazone groups is 1. The minimum Gasteiger partial charge on any atom is -0.508 e. The summed E-state index contributed by atoms with van der Waals surface area (Å²) in [6, 6.07) is 24.7. The zero-order valence-corrected chi connectivity index (χ0v) is 19.5. The molecule has 0 amide bonds. The lowest BCUT2D eigenvalue weighted by molar-refractivity contribution is 0.475. The van der Waals surface area contributed by atoms with Crippen molar-refractivity contribution in [3.63, 3.8) is 0 Å². The van der Waals surface area contributed by atoms with E-state index in [4.69, 9.17) is 0 Å². The number of phenols is 1. The van der Waals surface area contributed by atoms with Crippen LogP contribution in [-0.4, -0.2) is 31.3 Å². The predicted octanol–water partition coefficient (Wildman–Crippen LogP) is 5.80. The van der Waals surface area contributed by atoms with E-state index in [2.05, 4.69) is 35.8 Å². The first-order valence-electron chi connectivity index (χ1n) is 11.3. The number of hydrogen-bond acceptors (Lipinski definition) is 8. The van der Waals surface area contributed by atoms with Gasteiger partial charge in [-0.25, -0.2) is 15.4 Å². The number of rotatable bonds is 7. The Balaban J connectivity index is 1.20. The number of nitrogens with one attached hydrogen (secondary N) is 2.